The Labute approximate surface area is 128 Å². The fourth-order valence-electron chi connectivity index (χ4n) is 1.92. The van der Waals surface area contributed by atoms with Gasteiger partial charge in [0.15, 0.2) is 0 Å². The number of rotatable bonds is 3. The summed E-state index contributed by atoms with van der Waals surface area (Å²) in [5, 5.41) is 0. The van der Waals surface area contributed by atoms with E-state index in [1.54, 1.807) is 18.2 Å². The second kappa shape index (κ2) is 6.30. The number of hydrogen-bond acceptors (Lipinski definition) is 1. The molecule has 0 aromatic heterocycles. The molecular weight excluding hydrogens is 347 g/mol. The first-order valence-electron chi connectivity index (χ1n) is 6.03. The second-order valence-electron chi connectivity index (χ2n) is 4.54. The molecule has 0 aliphatic rings. The van der Waals surface area contributed by atoms with Crippen molar-refractivity contribution < 1.29 is 18.0 Å². The summed E-state index contributed by atoms with van der Waals surface area (Å²) in [7, 11) is 1.42. The number of hydrogen-bond donors (Lipinski definition) is 0. The molecule has 0 fully saturated rings. The summed E-state index contributed by atoms with van der Waals surface area (Å²) in [6, 6.07) is 8.17. The van der Waals surface area contributed by atoms with Crippen LogP contribution in [0.15, 0.2) is 40.9 Å². The van der Waals surface area contributed by atoms with E-state index in [0.29, 0.717) is 12.1 Å². The van der Waals surface area contributed by atoms with Crippen molar-refractivity contribution in [3.63, 3.8) is 0 Å². The van der Waals surface area contributed by atoms with E-state index in [1.807, 2.05) is 6.07 Å². The third-order valence-corrected chi connectivity index (χ3v) is 3.37. The van der Waals surface area contributed by atoms with Gasteiger partial charge in [-0.25, -0.2) is 13.2 Å². The first-order valence-corrected chi connectivity index (χ1v) is 6.82. The van der Waals surface area contributed by atoms with E-state index >= 15 is 0 Å². The maximum absolute atomic E-state index is 13.6. The number of nitrogens with zero attached hydrogens (tertiary/aromatic N) is 1. The molecule has 1 amide bonds. The Morgan fingerprint density at radius 1 is 1.14 bits per heavy atom. The lowest BCUT2D eigenvalue weighted by atomic mass is 10.1. The van der Waals surface area contributed by atoms with E-state index in [9.17, 15) is 18.0 Å². The monoisotopic (exact) mass is 357 g/mol. The molecule has 2 nitrogen and oxygen atoms in total. The molecule has 0 heterocycles. The SMILES string of the molecule is CN(Cc1cccc(Br)c1)C(=O)c1c(F)cc(F)cc1F. The van der Waals surface area contributed by atoms with E-state index in [2.05, 4.69) is 15.9 Å². The molecule has 2 aromatic rings. The predicted octanol–water partition coefficient (Wildman–Crippen LogP) is 4.14. The summed E-state index contributed by atoms with van der Waals surface area (Å²) in [6.07, 6.45) is 0. The van der Waals surface area contributed by atoms with Crippen molar-refractivity contribution >= 4 is 21.8 Å². The van der Waals surface area contributed by atoms with Crippen LogP contribution in [0, 0.1) is 17.5 Å². The number of benzene rings is 2. The molecular formula is C15H11BrF3NO. The zero-order valence-electron chi connectivity index (χ0n) is 11.0. The predicted molar refractivity (Wildman–Crippen MR) is 76.3 cm³/mol. The van der Waals surface area contributed by atoms with Crippen LogP contribution in [0.25, 0.3) is 0 Å². The van der Waals surface area contributed by atoms with Gasteiger partial charge in [0.25, 0.3) is 5.91 Å². The van der Waals surface area contributed by atoms with E-state index in [1.165, 1.54) is 11.9 Å². The Kier molecular flexibility index (Phi) is 4.67. The smallest absolute Gasteiger partial charge is 0.259 e. The largest absolute Gasteiger partial charge is 0.337 e. The molecule has 2 rings (SSSR count). The number of carbonyl (C=O) groups excluding carboxylic acids is 1. The van der Waals surface area contributed by atoms with Crippen LogP contribution < -0.4 is 0 Å². The van der Waals surface area contributed by atoms with Gasteiger partial charge in [0.05, 0.1) is 0 Å². The molecule has 110 valence electrons. The van der Waals surface area contributed by atoms with E-state index in [0.717, 1.165) is 10.0 Å². The Bertz CT molecular complexity index is 667. The molecule has 0 saturated carbocycles. The molecule has 6 heteroatoms. The minimum atomic E-state index is -1.21. The van der Waals surface area contributed by atoms with E-state index < -0.39 is 28.9 Å². The highest BCUT2D eigenvalue weighted by Crippen LogP contribution is 2.18. The first kappa shape index (κ1) is 15.6. The highest BCUT2D eigenvalue weighted by Gasteiger charge is 2.22. The molecule has 2 aromatic carbocycles. The zero-order chi connectivity index (χ0) is 15.6. The minimum absolute atomic E-state index is 0.175. The lowest BCUT2D eigenvalue weighted by Crippen LogP contribution is -2.28. The van der Waals surface area contributed by atoms with Crippen molar-refractivity contribution in [3.05, 3.63) is 69.4 Å². The molecule has 0 aliphatic carbocycles. The van der Waals surface area contributed by atoms with E-state index in [-0.39, 0.29) is 6.54 Å². The average molecular weight is 358 g/mol. The van der Waals surface area contributed by atoms with Gasteiger partial charge in [-0.1, -0.05) is 28.1 Å². The molecule has 0 unspecified atom stereocenters. The van der Waals surface area contributed by atoms with Gasteiger partial charge in [0.2, 0.25) is 0 Å². The minimum Gasteiger partial charge on any atom is -0.337 e. The van der Waals surface area contributed by atoms with Crippen molar-refractivity contribution in [2.45, 2.75) is 6.54 Å². The maximum Gasteiger partial charge on any atom is 0.259 e. The van der Waals surface area contributed by atoms with Crippen molar-refractivity contribution in [1.82, 2.24) is 4.90 Å². The van der Waals surface area contributed by atoms with Crippen LogP contribution >= 0.6 is 15.9 Å². The Morgan fingerprint density at radius 2 is 1.76 bits per heavy atom. The Balaban J connectivity index is 2.24. The second-order valence-corrected chi connectivity index (χ2v) is 5.45. The standard InChI is InChI=1S/C15H11BrF3NO/c1-20(8-9-3-2-4-10(16)5-9)15(21)14-12(18)6-11(17)7-13(14)19/h2-7H,8H2,1H3. The Morgan fingerprint density at radius 3 is 2.33 bits per heavy atom. The topological polar surface area (TPSA) is 20.3 Å². The van der Waals surface area contributed by atoms with Gasteiger partial charge in [-0.3, -0.25) is 4.79 Å². The molecule has 0 atom stereocenters. The fourth-order valence-corrected chi connectivity index (χ4v) is 2.37. The third-order valence-electron chi connectivity index (χ3n) is 2.88. The molecule has 0 N–H and O–H groups in total. The lowest BCUT2D eigenvalue weighted by molar-refractivity contribution is 0.0775. The summed E-state index contributed by atoms with van der Waals surface area (Å²) in [4.78, 5) is 13.3. The first-order chi connectivity index (χ1) is 9.88. The van der Waals surface area contributed by atoms with E-state index in [4.69, 9.17) is 0 Å². The summed E-state index contributed by atoms with van der Waals surface area (Å²) in [6.45, 7) is 0.175. The number of carbonyl (C=O) groups is 1. The highest BCUT2D eigenvalue weighted by atomic mass is 79.9. The quantitative estimate of drug-likeness (QED) is 0.808. The van der Waals surface area contributed by atoms with Crippen LogP contribution in [0.3, 0.4) is 0 Å². The summed E-state index contributed by atoms with van der Waals surface area (Å²) in [5.41, 5.74) is 0.0389. The van der Waals surface area contributed by atoms with Crippen molar-refractivity contribution in [2.75, 3.05) is 7.05 Å². The molecule has 21 heavy (non-hydrogen) atoms. The highest BCUT2D eigenvalue weighted by molar-refractivity contribution is 9.10. The van der Waals surface area contributed by atoms with Crippen LogP contribution in [0.1, 0.15) is 15.9 Å². The van der Waals surface area contributed by atoms with Gasteiger partial charge in [-0.15, -0.1) is 0 Å². The average Bonchev–Trinajstić information content (AvgIpc) is 2.37. The van der Waals surface area contributed by atoms with Crippen molar-refractivity contribution in [3.8, 4) is 0 Å². The van der Waals surface area contributed by atoms with Crippen molar-refractivity contribution in [2.24, 2.45) is 0 Å². The van der Waals surface area contributed by atoms with Crippen LogP contribution in [0.2, 0.25) is 0 Å². The Hall–Kier alpha value is -1.82. The van der Waals surface area contributed by atoms with Gasteiger partial charge < -0.3 is 4.90 Å². The molecule has 0 saturated heterocycles. The fraction of sp³-hybridized carbons (Fsp3) is 0.133. The van der Waals surface area contributed by atoms with Gasteiger partial charge in [-0.05, 0) is 17.7 Å². The summed E-state index contributed by atoms with van der Waals surface area (Å²) < 4.78 is 40.9. The number of amides is 1. The molecule has 0 spiro atoms. The van der Waals surface area contributed by atoms with Gasteiger partial charge >= 0.3 is 0 Å². The molecule has 0 radical (unpaired) electrons. The van der Waals surface area contributed by atoms with Gasteiger partial charge in [-0.2, -0.15) is 0 Å². The van der Waals surface area contributed by atoms with Crippen LogP contribution in [-0.2, 0) is 6.54 Å². The maximum atomic E-state index is 13.6. The lowest BCUT2D eigenvalue weighted by Gasteiger charge is -2.18. The zero-order valence-corrected chi connectivity index (χ0v) is 12.6. The van der Waals surface area contributed by atoms with Crippen molar-refractivity contribution in [1.29, 1.82) is 0 Å². The van der Waals surface area contributed by atoms with Crippen LogP contribution in [0.5, 0.6) is 0 Å². The van der Waals surface area contributed by atoms with Crippen LogP contribution in [0.4, 0.5) is 13.2 Å². The van der Waals surface area contributed by atoms with Gasteiger partial charge in [0, 0.05) is 30.2 Å². The molecule has 0 aliphatic heterocycles. The van der Waals surface area contributed by atoms with Crippen LogP contribution in [-0.4, -0.2) is 17.9 Å². The summed E-state index contributed by atoms with van der Waals surface area (Å²) in [5.74, 6) is -4.32. The summed E-state index contributed by atoms with van der Waals surface area (Å²) >= 11 is 3.30. The normalized spacial score (nSPS) is 10.5. The van der Waals surface area contributed by atoms with Gasteiger partial charge in [0.1, 0.15) is 23.0 Å². The molecule has 0 bridgehead atoms. The third kappa shape index (κ3) is 3.64. The number of halogens is 4.